The van der Waals surface area contributed by atoms with Gasteiger partial charge in [0.1, 0.15) is 0 Å². The summed E-state index contributed by atoms with van der Waals surface area (Å²) in [4.78, 5) is 18.4. The fourth-order valence-electron chi connectivity index (χ4n) is 3.06. The van der Waals surface area contributed by atoms with Crippen LogP contribution in [0.5, 0.6) is 0 Å². The first-order valence-corrected chi connectivity index (χ1v) is 10.7. The molecule has 5 rings (SSSR count). The van der Waals surface area contributed by atoms with Crippen molar-refractivity contribution in [3.8, 4) is 23.0 Å². The van der Waals surface area contributed by atoms with Crippen LogP contribution >= 0.6 is 0 Å². The number of hydrogen-bond acceptors (Lipinski definition) is 4. The molecule has 0 spiro atoms. The molecule has 0 unspecified atom stereocenters. The van der Waals surface area contributed by atoms with Crippen LogP contribution in [0.4, 0.5) is 0 Å². The second-order valence-corrected chi connectivity index (χ2v) is 8.73. The first kappa shape index (κ1) is 16.0. The van der Waals surface area contributed by atoms with Crippen LogP contribution in [0.1, 0.15) is 0 Å². The van der Waals surface area contributed by atoms with Crippen LogP contribution in [0.3, 0.4) is 0 Å². The summed E-state index contributed by atoms with van der Waals surface area (Å²) < 4.78 is 4.54. The minimum absolute atomic E-state index is 0.878. The SMILES string of the molecule is c1ccc(-c2ncc[n]2[Ga][n]2c(-c3ccccn3)nc3ccccc32)nc1. The molecule has 7 heteroatoms. The van der Waals surface area contributed by atoms with Crippen molar-refractivity contribution in [1.29, 1.82) is 0 Å². The van der Waals surface area contributed by atoms with Crippen molar-refractivity contribution in [2.45, 2.75) is 0 Å². The van der Waals surface area contributed by atoms with E-state index in [0.29, 0.717) is 0 Å². The predicted octanol–water partition coefficient (Wildman–Crippen LogP) is 3.29. The summed E-state index contributed by atoms with van der Waals surface area (Å²) in [6, 6.07) is 20.0. The molecule has 0 saturated carbocycles. The molecule has 0 bridgehead atoms. The number of aromatic nitrogens is 6. The molecule has 27 heavy (non-hydrogen) atoms. The molecule has 0 fully saturated rings. The van der Waals surface area contributed by atoms with Gasteiger partial charge in [0.15, 0.2) is 0 Å². The van der Waals surface area contributed by atoms with Gasteiger partial charge in [-0.3, -0.25) is 0 Å². The second kappa shape index (κ2) is 6.86. The van der Waals surface area contributed by atoms with Gasteiger partial charge in [0.05, 0.1) is 0 Å². The summed E-state index contributed by atoms with van der Waals surface area (Å²) in [6.07, 6.45) is 7.46. The second-order valence-electron chi connectivity index (χ2n) is 6.00. The summed E-state index contributed by atoms with van der Waals surface area (Å²) in [5, 5.41) is 0. The number of para-hydroxylation sites is 2. The number of rotatable bonds is 4. The van der Waals surface area contributed by atoms with Crippen molar-refractivity contribution in [1.82, 2.24) is 26.5 Å². The van der Waals surface area contributed by atoms with Gasteiger partial charge in [-0.2, -0.15) is 0 Å². The first-order valence-electron chi connectivity index (χ1n) is 8.58. The van der Waals surface area contributed by atoms with E-state index in [0.717, 1.165) is 34.1 Å². The minimum atomic E-state index is -1.18. The van der Waals surface area contributed by atoms with Gasteiger partial charge >= 0.3 is 164 Å². The quantitative estimate of drug-likeness (QED) is 0.429. The summed E-state index contributed by atoms with van der Waals surface area (Å²) in [6.45, 7) is 0. The molecular weight excluding hydrogens is 394 g/mol. The molecule has 1 radical (unpaired) electrons. The number of fused-ring (bicyclic) bond motifs is 1. The fraction of sp³-hybridized carbons (Fsp3) is 0. The first-order chi connectivity index (χ1) is 13.4. The van der Waals surface area contributed by atoms with Crippen molar-refractivity contribution in [2.24, 2.45) is 0 Å². The fourth-order valence-corrected chi connectivity index (χ4v) is 5.90. The third-order valence-corrected chi connectivity index (χ3v) is 7.27. The van der Waals surface area contributed by atoms with E-state index >= 15 is 0 Å². The van der Waals surface area contributed by atoms with Gasteiger partial charge in [-0.05, 0) is 0 Å². The van der Waals surface area contributed by atoms with Gasteiger partial charge in [-0.15, -0.1) is 0 Å². The van der Waals surface area contributed by atoms with E-state index in [1.165, 1.54) is 0 Å². The molecule has 4 heterocycles. The van der Waals surface area contributed by atoms with Crippen LogP contribution in [0.2, 0.25) is 0 Å². The van der Waals surface area contributed by atoms with Crippen LogP contribution in [-0.2, 0) is 0 Å². The molecule has 127 valence electrons. The Morgan fingerprint density at radius 3 is 2.11 bits per heavy atom. The Morgan fingerprint density at radius 1 is 0.667 bits per heavy atom. The van der Waals surface area contributed by atoms with E-state index in [4.69, 9.17) is 4.98 Å². The normalized spacial score (nSPS) is 11.0. The van der Waals surface area contributed by atoms with Gasteiger partial charge in [0, 0.05) is 0 Å². The van der Waals surface area contributed by atoms with Gasteiger partial charge in [0.25, 0.3) is 0 Å². The number of nitrogens with zero attached hydrogens (tertiary/aromatic N) is 6. The number of imidazole rings is 2. The average molecular weight is 408 g/mol. The molecular formula is C20H14GaN6. The molecule has 0 aliphatic rings. The molecule has 0 atom stereocenters. The molecule has 0 N–H and O–H groups in total. The van der Waals surface area contributed by atoms with Crippen LogP contribution < -0.4 is 0 Å². The molecule has 6 nitrogen and oxygen atoms in total. The van der Waals surface area contributed by atoms with E-state index in [1.807, 2.05) is 67.0 Å². The Labute approximate surface area is 163 Å². The van der Waals surface area contributed by atoms with Crippen molar-refractivity contribution in [2.75, 3.05) is 0 Å². The average Bonchev–Trinajstić information content (AvgIpc) is 3.35. The zero-order chi connectivity index (χ0) is 18.1. The van der Waals surface area contributed by atoms with E-state index in [9.17, 15) is 0 Å². The molecule has 1 aromatic carbocycles. The van der Waals surface area contributed by atoms with Gasteiger partial charge in [-0.1, -0.05) is 0 Å². The maximum absolute atomic E-state index is 4.86. The Morgan fingerprint density at radius 2 is 1.37 bits per heavy atom. The van der Waals surface area contributed by atoms with Crippen LogP contribution in [0, 0.1) is 0 Å². The number of hydrogen-bond donors (Lipinski definition) is 0. The maximum atomic E-state index is 4.86. The molecule has 0 amide bonds. The van der Waals surface area contributed by atoms with Crippen LogP contribution in [0.25, 0.3) is 34.1 Å². The molecule has 5 aromatic rings. The summed E-state index contributed by atoms with van der Waals surface area (Å²) >= 11 is -1.18. The Kier molecular flexibility index (Phi) is 4.08. The Balaban J connectivity index is 1.66. The summed E-state index contributed by atoms with van der Waals surface area (Å²) in [5.74, 6) is 1.79. The van der Waals surface area contributed by atoms with Crippen molar-refractivity contribution in [3.05, 3.63) is 85.5 Å². The van der Waals surface area contributed by atoms with E-state index in [2.05, 4.69) is 27.6 Å². The van der Waals surface area contributed by atoms with Crippen molar-refractivity contribution < 1.29 is 0 Å². The van der Waals surface area contributed by atoms with Crippen molar-refractivity contribution >= 4 is 28.9 Å². The molecule has 4 aromatic heterocycles. The van der Waals surface area contributed by atoms with Crippen LogP contribution in [-0.4, -0.2) is 44.4 Å². The summed E-state index contributed by atoms with van der Waals surface area (Å²) in [7, 11) is 0. The topological polar surface area (TPSA) is 61.4 Å². The third-order valence-electron chi connectivity index (χ3n) is 4.29. The zero-order valence-corrected chi connectivity index (χ0v) is 16.8. The van der Waals surface area contributed by atoms with Gasteiger partial charge < -0.3 is 0 Å². The molecule has 0 aliphatic carbocycles. The van der Waals surface area contributed by atoms with E-state index < -0.39 is 17.9 Å². The summed E-state index contributed by atoms with van der Waals surface area (Å²) in [5.41, 5.74) is 3.86. The third kappa shape index (κ3) is 2.96. The Bertz CT molecular complexity index is 1200. The standard InChI is InChI=1S/C12H8N3.C8H6N3.Ga/c1-2-6-10-9(5-1)14-12(15-10)11-7-3-4-8-13-11;1-2-4-9-7(3-1)8-10-5-6-11-8;/h1-8H;1-6H;/q2*-1;+2. The number of pyridine rings is 2. The van der Waals surface area contributed by atoms with Gasteiger partial charge in [0.2, 0.25) is 0 Å². The predicted molar refractivity (Wildman–Crippen MR) is 105 cm³/mol. The van der Waals surface area contributed by atoms with Gasteiger partial charge in [-0.25, -0.2) is 0 Å². The van der Waals surface area contributed by atoms with E-state index in [1.54, 1.807) is 12.4 Å². The van der Waals surface area contributed by atoms with Crippen LogP contribution in [0.15, 0.2) is 85.5 Å². The van der Waals surface area contributed by atoms with Crippen molar-refractivity contribution in [3.63, 3.8) is 0 Å². The molecule has 0 saturated heterocycles. The monoisotopic (exact) mass is 407 g/mol. The number of benzene rings is 1. The zero-order valence-electron chi connectivity index (χ0n) is 14.3. The van der Waals surface area contributed by atoms with E-state index in [-0.39, 0.29) is 0 Å². The Hall–Kier alpha value is -3.16. The molecule has 0 aliphatic heterocycles.